The standard InChI is InChI=1S/C16H15F4N5O/c1-2-11(8-3-5-9(6-4-8)16(18,19)20)25-13-12(10(7-17)24-25)14(26)23-15(21)22-13/h3-6,11H,2,7H2,1H3,(H3,21,22,23,26). The molecule has 138 valence electrons. The van der Waals surface area contributed by atoms with Crippen LogP contribution in [0, 0.1) is 0 Å². The second-order valence-corrected chi connectivity index (χ2v) is 5.72. The Morgan fingerprint density at radius 1 is 1.27 bits per heavy atom. The Morgan fingerprint density at radius 2 is 1.92 bits per heavy atom. The minimum Gasteiger partial charge on any atom is -0.369 e. The quantitative estimate of drug-likeness (QED) is 0.691. The van der Waals surface area contributed by atoms with E-state index in [1.165, 1.54) is 16.8 Å². The van der Waals surface area contributed by atoms with Gasteiger partial charge in [0.15, 0.2) is 5.65 Å². The lowest BCUT2D eigenvalue weighted by molar-refractivity contribution is -0.137. The summed E-state index contributed by atoms with van der Waals surface area (Å²) in [5.41, 5.74) is 4.69. The molecule has 0 amide bonds. The van der Waals surface area contributed by atoms with Crippen LogP contribution in [0.2, 0.25) is 0 Å². The number of aromatic amines is 1. The average Bonchev–Trinajstić information content (AvgIpc) is 2.94. The third-order valence-electron chi connectivity index (χ3n) is 4.08. The van der Waals surface area contributed by atoms with Crippen molar-refractivity contribution >= 4 is 17.0 Å². The molecule has 1 aromatic carbocycles. The molecule has 2 heterocycles. The second kappa shape index (κ2) is 6.43. The molecule has 0 saturated carbocycles. The van der Waals surface area contributed by atoms with Crippen LogP contribution in [0.4, 0.5) is 23.5 Å². The van der Waals surface area contributed by atoms with Gasteiger partial charge in [-0.2, -0.15) is 23.3 Å². The lowest BCUT2D eigenvalue weighted by atomic mass is 10.0. The summed E-state index contributed by atoms with van der Waals surface area (Å²) in [4.78, 5) is 18.4. The highest BCUT2D eigenvalue weighted by atomic mass is 19.4. The zero-order valence-corrected chi connectivity index (χ0v) is 13.6. The van der Waals surface area contributed by atoms with Gasteiger partial charge in [-0.15, -0.1) is 0 Å². The van der Waals surface area contributed by atoms with Crippen LogP contribution in [-0.4, -0.2) is 19.7 Å². The van der Waals surface area contributed by atoms with Gasteiger partial charge in [-0.1, -0.05) is 19.1 Å². The van der Waals surface area contributed by atoms with E-state index in [0.29, 0.717) is 12.0 Å². The Hall–Kier alpha value is -2.91. The number of benzene rings is 1. The lowest BCUT2D eigenvalue weighted by Crippen LogP contribution is -2.15. The highest BCUT2D eigenvalue weighted by Crippen LogP contribution is 2.32. The van der Waals surface area contributed by atoms with E-state index in [2.05, 4.69) is 15.1 Å². The molecule has 1 atom stereocenters. The Bertz CT molecular complexity index is 991. The van der Waals surface area contributed by atoms with Crippen LogP contribution in [0.5, 0.6) is 0 Å². The van der Waals surface area contributed by atoms with Crippen molar-refractivity contribution in [1.82, 2.24) is 19.7 Å². The van der Waals surface area contributed by atoms with Crippen molar-refractivity contribution in [2.45, 2.75) is 32.2 Å². The molecule has 3 aromatic rings. The largest absolute Gasteiger partial charge is 0.416 e. The van der Waals surface area contributed by atoms with E-state index in [-0.39, 0.29) is 22.7 Å². The van der Waals surface area contributed by atoms with E-state index in [4.69, 9.17) is 5.73 Å². The van der Waals surface area contributed by atoms with Gasteiger partial charge in [0.2, 0.25) is 5.95 Å². The molecule has 0 aliphatic carbocycles. The van der Waals surface area contributed by atoms with Gasteiger partial charge in [0, 0.05) is 0 Å². The third kappa shape index (κ3) is 3.02. The maximum Gasteiger partial charge on any atom is 0.416 e. The number of hydrogen-bond donors (Lipinski definition) is 2. The number of anilines is 1. The maximum absolute atomic E-state index is 13.3. The molecule has 6 nitrogen and oxygen atoms in total. The monoisotopic (exact) mass is 369 g/mol. The first-order valence-corrected chi connectivity index (χ1v) is 7.76. The third-order valence-corrected chi connectivity index (χ3v) is 4.08. The summed E-state index contributed by atoms with van der Waals surface area (Å²) in [5.74, 6) is -0.156. The Kier molecular flexibility index (Phi) is 4.43. The molecular formula is C16H15F4N5O. The second-order valence-electron chi connectivity index (χ2n) is 5.72. The van der Waals surface area contributed by atoms with E-state index in [0.717, 1.165) is 12.1 Å². The van der Waals surface area contributed by atoms with E-state index in [1.807, 2.05) is 0 Å². The lowest BCUT2D eigenvalue weighted by Gasteiger charge is -2.17. The molecule has 0 fully saturated rings. The number of fused-ring (bicyclic) bond motifs is 1. The summed E-state index contributed by atoms with van der Waals surface area (Å²) in [6.07, 6.45) is -4.01. The van der Waals surface area contributed by atoms with Crippen LogP contribution in [0.15, 0.2) is 29.1 Å². The molecule has 26 heavy (non-hydrogen) atoms. The van der Waals surface area contributed by atoms with E-state index in [9.17, 15) is 22.4 Å². The smallest absolute Gasteiger partial charge is 0.369 e. The molecule has 0 spiro atoms. The van der Waals surface area contributed by atoms with Crippen molar-refractivity contribution < 1.29 is 17.6 Å². The molecule has 1 unspecified atom stereocenters. The van der Waals surface area contributed by atoms with Crippen molar-refractivity contribution in [3.63, 3.8) is 0 Å². The number of aromatic nitrogens is 4. The molecule has 0 aliphatic heterocycles. The number of H-pyrrole nitrogens is 1. The molecular weight excluding hydrogens is 354 g/mol. The number of nitrogens with one attached hydrogen (secondary N) is 1. The Morgan fingerprint density at radius 3 is 2.46 bits per heavy atom. The number of nitrogens with two attached hydrogens (primary N) is 1. The minimum atomic E-state index is -4.44. The number of rotatable bonds is 4. The molecule has 0 aliphatic rings. The predicted octanol–water partition coefficient (Wildman–Crippen LogP) is 3.19. The molecule has 3 N–H and O–H groups in total. The van der Waals surface area contributed by atoms with Gasteiger partial charge in [0.1, 0.15) is 17.8 Å². The fraction of sp³-hybridized carbons (Fsp3) is 0.312. The minimum absolute atomic E-state index is 0.0212. The van der Waals surface area contributed by atoms with Gasteiger partial charge >= 0.3 is 6.18 Å². The average molecular weight is 369 g/mol. The van der Waals surface area contributed by atoms with Crippen LogP contribution < -0.4 is 11.3 Å². The SMILES string of the molecule is CCC(c1ccc(C(F)(F)F)cc1)n1nc(CF)c2c(=O)[nH]c(N)nc21. The maximum atomic E-state index is 13.3. The summed E-state index contributed by atoms with van der Waals surface area (Å²) in [6, 6.07) is 4.06. The van der Waals surface area contributed by atoms with Crippen molar-refractivity contribution in [2.24, 2.45) is 0 Å². The summed E-state index contributed by atoms with van der Waals surface area (Å²) in [7, 11) is 0. The molecule has 10 heteroatoms. The number of alkyl halides is 4. The topological polar surface area (TPSA) is 89.6 Å². The highest BCUT2D eigenvalue weighted by molar-refractivity contribution is 5.78. The van der Waals surface area contributed by atoms with Crippen LogP contribution in [0.1, 0.15) is 36.2 Å². The Labute approximate surface area is 144 Å². The van der Waals surface area contributed by atoms with Gasteiger partial charge < -0.3 is 5.73 Å². The van der Waals surface area contributed by atoms with Gasteiger partial charge in [0.25, 0.3) is 5.56 Å². The zero-order chi connectivity index (χ0) is 19.1. The van der Waals surface area contributed by atoms with Crippen LogP contribution in [0.25, 0.3) is 11.0 Å². The van der Waals surface area contributed by atoms with E-state index in [1.54, 1.807) is 6.92 Å². The van der Waals surface area contributed by atoms with Crippen molar-refractivity contribution in [1.29, 1.82) is 0 Å². The van der Waals surface area contributed by atoms with Crippen LogP contribution in [-0.2, 0) is 12.9 Å². The summed E-state index contributed by atoms with van der Waals surface area (Å²) >= 11 is 0. The molecule has 0 bridgehead atoms. The van der Waals surface area contributed by atoms with Crippen molar-refractivity contribution in [3.8, 4) is 0 Å². The number of nitrogens with zero attached hydrogens (tertiary/aromatic N) is 3. The van der Waals surface area contributed by atoms with E-state index < -0.39 is 30.0 Å². The van der Waals surface area contributed by atoms with Gasteiger partial charge in [0.05, 0.1) is 11.6 Å². The van der Waals surface area contributed by atoms with Gasteiger partial charge in [-0.05, 0) is 24.1 Å². The number of nitrogen functional groups attached to an aromatic ring is 1. The molecule has 2 aromatic heterocycles. The fourth-order valence-corrected chi connectivity index (χ4v) is 2.89. The van der Waals surface area contributed by atoms with Gasteiger partial charge in [-0.25, -0.2) is 9.07 Å². The first-order chi connectivity index (χ1) is 12.3. The highest BCUT2D eigenvalue weighted by Gasteiger charge is 2.30. The van der Waals surface area contributed by atoms with Crippen LogP contribution >= 0.6 is 0 Å². The number of hydrogen-bond acceptors (Lipinski definition) is 4. The first kappa shape index (κ1) is 17.9. The summed E-state index contributed by atoms with van der Waals surface area (Å²) < 4.78 is 52.9. The van der Waals surface area contributed by atoms with Crippen molar-refractivity contribution in [3.05, 3.63) is 51.4 Å². The van der Waals surface area contributed by atoms with Crippen LogP contribution in [0.3, 0.4) is 0 Å². The Balaban J connectivity index is 2.16. The molecule has 0 radical (unpaired) electrons. The molecule has 0 saturated heterocycles. The first-order valence-electron chi connectivity index (χ1n) is 7.76. The normalized spacial score (nSPS) is 13.3. The summed E-state index contributed by atoms with van der Waals surface area (Å²) in [5, 5.41) is 4.09. The van der Waals surface area contributed by atoms with Crippen molar-refractivity contribution in [2.75, 3.05) is 5.73 Å². The van der Waals surface area contributed by atoms with E-state index >= 15 is 0 Å². The fourth-order valence-electron chi connectivity index (χ4n) is 2.89. The number of halogens is 4. The zero-order valence-electron chi connectivity index (χ0n) is 13.6. The van der Waals surface area contributed by atoms with Gasteiger partial charge in [-0.3, -0.25) is 9.78 Å². The predicted molar refractivity (Wildman–Crippen MR) is 87.2 cm³/mol. The molecule has 3 rings (SSSR count). The summed E-state index contributed by atoms with van der Waals surface area (Å²) in [6.45, 7) is 0.809.